The minimum Gasteiger partial charge on any atom is -0.480 e. The number of carbonyl (C=O) groups is 5. The molecule has 0 amide bonds. The molecule has 4 aliphatic carbocycles. The summed E-state index contributed by atoms with van der Waals surface area (Å²) in [6, 6.07) is 16.9. The van der Waals surface area contributed by atoms with Crippen LogP contribution in [0.3, 0.4) is 0 Å². The molecule has 7 N–H and O–H groups in total. The van der Waals surface area contributed by atoms with Gasteiger partial charge in [-0.3, -0.25) is 43.6 Å². The number of carbonyl (C=O) groups excluding carboxylic acids is 1. The number of carboxylic acids is 4. The van der Waals surface area contributed by atoms with Gasteiger partial charge in [0.2, 0.25) is 0 Å². The third-order valence-electron chi connectivity index (χ3n) is 15.4. The number of aliphatic hydroxyl groups is 1. The topological polar surface area (TPSA) is 224 Å². The standard InChI is InChI=1S/C52H68N6O10S.Gd/c1-51-29-38(49-41-16-14-40(59)28-37(41)11-15-42(49)43(51)18-20-52(51,68)19-17-35-6-3-2-4-7-35)8-5-21-53-50(69)54-39-12-9-36(10-13-39)44-30-57(33-47(64)65)25-24-55(31-45(60)61)22-23-56(32-46(62)63)26-27-58(44)34-48(66)67;/h2-4,6-7,9-10,12-13,17,19,28,38,42-44,68H,5,8,11,14-16,18,20-27,29-34H2,1H3,(H,60,61)(H,62,63)(H,64,65)(H,66,67)(H2,53,54,69);/b19-17+;/t38?,42?,43?,44?,51-,52-;/m0./s1. The summed E-state index contributed by atoms with van der Waals surface area (Å²) in [5, 5.41) is 58.7. The molecule has 4 unspecified atom stereocenters. The first-order chi connectivity index (χ1) is 33.0. The van der Waals surface area contributed by atoms with Crippen LogP contribution in [0.15, 0.2) is 83.5 Å². The van der Waals surface area contributed by atoms with Gasteiger partial charge < -0.3 is 36.2 Å². The van der Waals surface area contributed by atoms with Crippen molar-refractivity contribution in [3.63, 3.8) is 0 Å². The average Bonchev–Trinajstić information content (AvgIpc) is 3.56. The molecule has 7 rings (SSSR count). The molecule has 1 heterocycles. The fourth-order valence-corrected chi connectivity index (χ4v) is 12.3. The van der Waals surface area contributed by atoms with Crippen molar-refractivity contribution in [3.8, 4) is 0 Å². The summed E-state index contributed by atoms with van der Waals surface area (Å²) < 4.78 is 0. The number of nitrogens with one attached hydrogen (secondary N) is 2. The zero-order chi connectivity index (χ0) is 49.3. The number of thiocarbonyl (C=S) groups is 1. The maximum atomic E-state index is 12.6. The number of hydrogen-bond donors (Lipinski definition) is 7. The second-order valence-corrected chi connectivity index (χ2v) is 20.2. The minimum atomic E-state index is -1.09. The number of carboxylic acid groups (broad SMARTS) is 4. The Balaban J connectivity index is 0.00000804. The van der Waals surface area contributed by atoms with Crippen LogP contribution in [-0.2, 0) is 24.0 Å². The van der Waals surface area contributed by atoms with Gasteiger partial charge in [0.05, 0.1) is 31.8 Å². The van der Waals surface area contributed by atoms with Crippen LogP contribution in [0.2, 0.25) is 0 Å². The molecule has 0 aromatic heterocycles. The molecule has 0 spiro atoms. The molecule has 6 atom stereocenters. The van der Waals surface area contributed by atoms with Crippen molar-refractivity contribution in [2.75, 3.05) is 83.9 Å². The van der Waals surface area contributed by atoms with Crippen molar-refractivity contribution in [3.05, 3.63) is 94.6 Å². The molecule has 0 bridgehead atoms. The third-order valence-corrected chi connectivity index (χ3v) is 15.7. The summed E-state index contributed by atoms with van der Waals surface area (Å²) in [7, 11) is 0. The zero-order valence-corrected chi connectivity index (χ0v) is 43.0. The van der Waals surface area contributed by atoms with E-state index in [2.05, 4.69) is 41.8 Å². The van der Waals surface area contributed by atoms with E-state index in [1.807, 2.05) is 48.5 Å². The Morgan fingerprint density at radius 2 is 1.40 bits per heavy atom. The molecular formula is C52H68GdN6O10S. The first kappa shape index (κ1) is 55.3. The third kappa shape index (κ3) is 14.2. The number of allylic oxidation sites excluding steroid dienone is 4. The van der Waals surface area contributed by atoms with Crippen molar-refractivity contribution < 1.29 is 89.4 Å². The van der Waals surface area contributed by atoms with Crippen molar-refractivity contribution in [2.24, 2.45) is 23.2 Å². The molecule has 5 aliphatic rings. The smallest absolute Gasteiger partial charge is 0.317 e. The number of rotatable bonds is 16. The van der Waals surface area contributed by atoms with Crippen molar-refractivity contribution in [1.29, 1.82) is 0 Å². The molecular weight excluding hydrogens is 1060 g/mol. The Bertz CT molecular complexity index is 2310. The zero-order valence-electron chi connectivity index (χ0n) is 39.9. The van der Waals surface area contributed by atoms with E-state index in [1.165, 1.54) is 16.7 Å². The van der Waals surface area contributed by atoms with Crippen LogP contribution in [-0.4, -0.2) is 164 Å². The summed E-state index contributed by atoms with van der Waals surface area (Å²) in [6.07, 6.45) is 13.5. The van der Waals surface area contributed by atoms with Gasteiger partial charge in [-0.05, 0) is 122 Å². The fourth-order valence-electron chi connectivity index (χ4n) is 12.1. The van der Waals surface area contributed by atoms with Gasteiger partial charge >= 0.3 is 23.9 Å². The number of hydrogen-bond acceptors (Lipinski definition) is 11. The van der Waals surface area contributed by atoms with E-state index < -0.39 is 35.5 Å². The number of fused-ring (bicyclic) bond motifs is 4. The summed E-state index contributed by atoms with van der Waals surface area (Å²) in [4.78, 5) is 67.1. The summed E-state index contributed by atoms with van der Waals surface area (Å²) in [5.41, 5.74) is 5.34. The molecule has 2 saturated carbocycles. The molecule has 2 aromatic rings. The molecule has 1 saturated heterocycles. The number of ketones is 1. The summed E-state index contributed by atoms with van der Waals surface area (Å²) >= 11 is 5.77. The Hall–Kier alpha value is -3.98. The van der Waals surface area contributed by atoms with Crippen molar-refractivity contribution in [2.45, 2.75) is 76.4 Å². The van der Waals surface area contributed by atoms with Crippen LogP contribution < -0.4 is 10.6 Å². The van der Waals surface area contributed by atoms with Gasteiger partial charge in [-0.15, -0.1) is 0 Å². The van der Waals surface area contributed by atoms with E-state index in [0.29, 0.717) is 41.2 Å². The number of nitrogens with zero attached hydrogens (tertiary/aromatic N) is 4. The number of anilines is 1. The quantitative estimate of drug-likeness (QED) is 0.0845. The Kier molecular flexibility index (Phi) is 19.9. The molecule has 1 aliphatic heterocycles. The van der Waals surface area contributed by atoms with Crippen LogP contribution in [0.25, 0.3) is 6.08 Å². The monoisotopic (exact) mass is 1130 g/mol. The molecule has 16 nitrogen and oxygen atoms in total. The van der Waals surface area contributed by atoms with Crippen molar-refractivity contribution >= 4 is 58.8 Å². The first-order valence-corrected chi connectivity index (χ1v) is 24.8. The predicted octanol–water partition coefficient (Wildman–Crippen LogP) is 5.23. The van der Waals surface area contributed by atoms with Gasteiger partial charge in [0.15, 0.2) is 10.9 Å². The van der Waals surface area contributed by atoms with E-state index in [4.69, 9.17) is 12.2 Å². The molecule has 3 fully saturated rings. The summed E-state index contributed by atoms with van der Waals surface area (Å²) in [6.45, 7) is 2.86. The van der Waals surface area contributed by atoms with Gasteiger partial charge in [0.1, 0.15) is 0 Å². The van der Waals surface area contributed by atoms with E-state index >= 15 is 0 Å². The van der Waals surface area contributed by atoms with Gasteiger partial charge in [-0.1, -0.05) is 67.1 Å². The molecule has 380 valence electrons. The number of aliphatic carboxylic acids is 4. The molecule has 0 radical (unpaired) electrons. The largest absolute Gasteiger partial charge is 0.480 e. The number of benzene rings is 2. The van der Waals surface area contributed by atoms with E-state index in [-0.39, 0.29) is 129 Å². The fraction of sp³-hybridized carbons (Fsp3) is 0.538. The van der Waals surface area contributed by atoms with Crippen LogP contribution in [0, 0.1) is 63.1 Å². The van der Waals surface area contributed by atoms with Gasteiger partial charge in [-0.2, -0.15) is 0 Å². The molecule has 2 aromatic carbocycles. The Morgan fingerprint density at radius 1 is 0.786 bits per heavy atom. The van der Waals surface area contributed by atoms with Gasteiger partial charge in [-0.25, -0.2) is 0 Å². The van der Waals surface area contributed by atoms with E-state index in [9.17, 15) is 49.5 Å². The Morgan fingerprint density at radius 3 is 2.04 bits per heavy atom. The summed E-state index contributed by atoms with van der Waals surface area (Å²) in [5.74, 6) is -3.11. The SMILES string of the molecule is C[C@]12CC(CCCNC(=S)Nc3ccc(C4CN(CC(=O)O)CCN(CC(=O)O)CCN(CC(=O)O)CCN4CC(=O)O)cc3)C3=C4CCC(=O)C=C4CCC3C1CC[C@@]2(O)/C=C/c1ccccc1.[Gd]. The van der Waals surface area contributed by atoms with Crippen LogP contribution in [0.4, 0.5) is 5.69 Å². The second-order valence-electron chi connectivity index (χ2n) is 19.8. The maximum Gasteiger partial charge on any atom is 0.317 e. The predicted molar refractivity (Wildman–Crippen MR) is 266 cm³/mol. The van der Waals surface area contributed by atoms with Gasteiger partial charge in [0.25, 0.3) is 0 Å². The normalized spacial score (nSPS) is 27.2. The van der Waals surface area contributed by atoms with E-state index in [0.717, 1.165) is 56.9 Å². The van der Waals surface area contributed by atoms with Crippen LogP contribution in [0.5, 0.6) is 0 Å². The minimum absolute atomic E-state index is 0. The average molecular weight is 1130 g/mol. The maximum absolute atomic E-state index is 12.6. The van der Waals surface area contributed by atoms with Crippen molar-refractivity contribution in [1.82, 2.24) is 24.9 Å². The molecule has 70 heavy (non-hydrogen) atoms. The van der Waals surface area contributed by atoms with Gasteiger partial charge in [0, 0.05) is 116 Å². The first-order valence-electron chi connectivity index (χ1n) is 24.4. The molecule has 18 heteroatoms. The van der Waals surface area contributed by atoms with E-state index in [1.54, 1.807) is 19.6 Å². The Labute approximate surface area is 447 Å². The second kappa shape index (κ2) is 25.1. The van der Waals surface area contributed by atoms with Crippen LogP contribution in [0.1, 0.15) is 81.9 Å². The van der Waals surface area contributed by atoms with Crippen LogP contribution >= 0.6 is 12.2 Å².